The second-order valence-corrected chi connectivity index (χ2v) is 6.59. The summed E-state index contributed by atoms with van der Waals surface area (Å²) < 4.78 is 52.2. The van der Waals surface area contributed by atoms with Gasteiger partial charge >= 0.3 is 6.18 Å². The Morgan fingerprint density at radius 1 is 1.27 bits per heavy atom. The van der Waals surface area contributed by atoms with Crippen LogP contribution in [-0.4, -0.2) is 34.0 Å². The second kappa shape index (κ2) is 7.75. The van der Waals surface area contributed by atoms with Crippen LogP contribution in [0.15, 0.2) is 30.5 Å². The molecule has 1 aliphatic heterocycles. The maximum atomic E-state index is 14.0. The van der Waals surface area contributed by atoms with Gasteiger partial charge in [0.25, 0.3) is 0 Å². The Balaban J connectivity index is 1.66. The van der Waals surface area contributed by atoms with Crippen LogP contribution in [0.1, 0.15) is 24.1 Å². The maximum absolute atomic E-state index is 14.0. The largest absolute Gasteiger partial charge is 0.433 e. The summed E-state index contributed by atoms with van der Waals surface area (Å²) in [6.45, 7) is 1.63. The van der Waals surface area contributed by atoms with Gasteiger partial charge in [0.05, 0.1) is 0 Å². The average molecular weight is 389 g/mol. The van der Waals surface area contributed by atoms with E-state index in [0.717, 1.165) is 31.6 Å². The fourth-order valence-corrected chi connectivity index (χ4v) is 3.22. The molecule has 1 aromatic heterocycles. The number of likely N-dealkylation sites (tertiary alicyclic amines) is 1. The number of benzene rings is 1. The zero-order valence-electron chi connectivity index (χ0n) is 13.7. The third-order valence-electron chi connectivity index (χ3n) is 4.23. The highest BCUT2D eigenvalue weighted by Gasteiger charge is 2.33. The molecular formula is C17H17ClF4N4. The molecule has 1 saturated heterocycles. The van der Waals surface area contributed by atoms with Gasteiger partial charge in [-0.3, -0.25) is 4.90 Å². The highest BCUT2D eigenvalue weighted by molar-refractivity contribution is 6.31. The lowest BCUT2D eigenvalue weighted by atomic mass is 10.0. The second-order valence-electron chi connectivity index (χ2n) is 6.18. The SMILES string of the molecule is Fc1cccc(Cl)c1CN1CCCC(Nc2nccc(C(F)(F)F)n2)C1. The van der Waals surface area contributed by atoms with E-state index in [0.29, 0.717) is 23.7 Å². The minimum Gasteiger partial charge on any atom is -0.350 e. The summed E-state index contributed by atoms with van der Waals surface area (Å²) >= 11 is 6.07. The Morgan fingerprint density at radius 2 is 2.08 bits per heavy atom. The van der Waals surface area contributed by atoms with Crippen LogP contribution in [0.4, 0.5) is 23.5 Å². The minimum atomic E-state index is -4.51. The van der Waals surface area contributed by atoms with Gasteiger partial charge in [-0.15, -0.1) is 0 Å². The molecule has 0 spiro atoms. The molecule has 0 saturated carbocycles. The van der Waals surface area contributed by atoms with Crippen molar-refractivity contribution in [1.82, 2.24) is 14.9 Å². The number of hydrogen-bond donors (Lipinski definition) is 1. The van der Waals surface area contributed by atoms with Crippen molar-refractivity contribution in [2.24, 2.45) is 0 Å². The van der Waals surface area contributed by atoms with Crippen LogP contribution in [0.25, 0.3) is 0 Å². The molecule has 3 rings (SSSR count). The molecule has 26 heavy (non-hydrogen) atoms. The van der Waals surface area contributed by atoms with Crippen LogP contribution in [0.2, 0.25) is 5.02 Å². The first-order valence-corrected chi connectivity index (χ1v) is 8.53. The highest BCUT2D eigenvalue weighted by Crippen LogP contribution is 2.28. The summed E-state index contributed by atoms with van der Waals surface area (Å²) in [4.78, 5) is 9.40. The normalized spacial score (nSPS) is 18.7. The van der Waals surface area contributed by atoms with Gasteiger partial charge in [-0.05, 0) is 37.6 Å². The molecular weight excluding hydrogens is 372 g/mol. The van der Waals surface area contributed by atoms with Crippen LogP contribution < -0.4 is 5.32 Å². The molecule has 9 heteroatoms. The number of nitrogens with zero attached hydrogens (tertiary/aromatic N) is 3. The standard InChI is InChI=1S/C17H17ClF4N4/c18-13-4-1-5-14(19)12(13)10-26-8-2-3-11(9-26)24-16-23-7-6-15(25-16)17(20,21)22/h1,4-7,11H,2-3,8-10H2,(H,23,24,25). The Labute approximate surface area is 153 Å². The number of halogens is 5. The molecule has 1 aliphatic rings. The molecule has 0 amide bonds. The third-order valence-corrected chi connectivity index (χ3v) is 4.58. The van der Waals surface area contributed by atoms with Gasteiger partial charge in [0.15, 0.2) is 0 Å². The van der Waals surface area contributed by atoms with Gasteiger partial charge < -0.3 is 5.32 Å². The molecule has 2 aromatic rings. The fraction of sp³-hybridized carbons (Fsp3) is 0.412. The van der Waals surface area contributed by atoms with Crippen molar-refractivity contribution in [1.29, 1.82) is 0 Å². The number of nitrogens with one attached hydrogen (secondary N) is 1. The molecule has 0 bridgehead atoms. The lowest BCUT2D eigenvalue weighted by Gasteiger charge is -2.33. The van der Waals surface area contributed by atoms with Crippen molar-refractivity contribution in [2.45, 2.75) is 31.6 Å². The van der Waals surface area contributed by atoms with E-state index in [9.17, 15) is 17.6 Å². The Hall–Kier alpha value is -1.93. The number of rotatable bonds is 4. The van der Waals surface area contributed by atoms with Crippen molar-refractivity contribution in [3.05, 3.63) is 52.6 Å². The predicted octanol–water partition coefficient (Wildman–Crippen LogP) is 4.36. The Morgan fingerprint density at radius 3 is 2.81 bits per heavy atom. The number of anilines is 1. The van der Waals surface area contributed by atoms with Crippen molar-refractivity contribution in [3.8, 4) is 0 Å². The van der Waals surface area contributed by atoms with E-state index in [1.807, 2.05) is 4.90 Å². The zero-order chi connectivity index (χ0) is 18.7. The zero-order valence-corrected chi connectivity index (χ0v) is 14.5. The van der Waals surface area contributed by atoms with Gasteiger partial charge in [-0.25, -0.2) is 14.4 Å². The van der Waals surface area contributed by atoms with Gasteiger partial charge in [0, 0.05) is 35.9 Å². The van der Waals surface area contributed by atoms with Crippen LogP contribution in [0, 0.1) is 5.82 Å². The van der Waals surface area contributed by atoms with Crippen molar-refractivity contribution >= 4 is 17.5 Å². The first-order chi connectivity index (χ1) is 12.3. The molecule has 1 fully saturated rings. The third kappa shape index (κ3) is 4.62. The van der Waals surface area contributed by atoms with Crippen molar-refractivity contribution in [2.75, 3.05) is 18.4 Å². The van der Waals surface area contributed by atoms with Crippen molar-refractivity contribution < 1.29 is 17.6 Å². The fourth-order valence-electron chi connectivity index (χ4n) is 2.99. The van der Waals surface area contributed by atoms with E-state index in [1.54, 1.807) is 12.1 Å². The van der Waals surface area contributed by atoms with E-state index in [4.69, 9.17) is 11.6 Å². The van der Waals surface area contributed by atoms with Crippen LogP contribution in [0.5, 0.6) is 0 Å². The van der Waals surface area contributed by atoms with Crippen LogP contribution in [0.3, 0.4) is 0 Å². The average Bonchev–Trinajstić information content (AvgIpc) is 2.58. The number of piperidine rings is 1. The first-order valence-electron chi connectivity index (χ1n) is 8.15. The summed E-state index contributed by atoms with van der Waals surface area (Å²) in [7, 11) is 0. The van der Waals surface area contributed by atoms with Gasteiger partial charge in [-0.1, -0.05) is 17.7 Å². The quantitative estimate of drug-likeness (QED) is 0.790. The number of hydrogen-bond acceptors (Lipinski definition) is 4. The monoisotopic (exact) mass is 388 g/mol. The molecule has 4 nitrogen and oxygen atoms in total. The van der Waals surface area contributed by atoms with E-state index in [-0.39, 0.29) is 17.8 Å². The molecule has 1 N–H and O–H groups in total. The first kappa shape index (κ1) is 18.8. The van der Waals surface area contributed by atoms with Gasteiger partial charge in [0.1, 0.15) is 11.5 Å². The molecule has 1 unspecified atom stereocenters. The Kier molecular flexibility index (Phi) is 5.62. The molecule has 2 heterocycles. The molecule has 0 radical (unpaired) electrons. The van der Waals surface area contributed by atoms with E-state index >= 15 is 0 Å². The number of aromatic nitrogens is 2. The minimum absolute atomic E-state index is 0.0596. The molecule has 0 aliphatic carbocycles. The summed E-state index contributed by atoms with van der Waals surface area (Å²) in [5.41, 5.74) is -0.564. The lowest BCUT2D eigenvalue weighted by Crippen LogP contribution is -2.42. The summed E-state index contributed by atoms with van der Waals surface area (Å²) in [5.74, 6) is -0.426. The maximum Gasteiger partial charge on any atom is 0.433 e. The topological polar surface area (TPSA) is 41.0 Å². The van der Waals surface area contributed by atoms with E-state index in [1.165, 1.54) is 6.07 Å². The molecule has 140 valence electrons. The summed E-state index contributed by atoms with van der Waals surface area (Å²) in [6.07, 6.45) is -1.85. The Bertz CT molecular complexity index is 748. The highest BCUT2D eigenvalue weighted by atomic mass is 35.5. The predicted molar refractivity (Wildman–Crippen MR) is 90.4 cm³/mol. The van der Waals surface area contributed by atoms with Crippen LogP contribution in [-0.2, 0) is 12.7 Å². The summed E-state index contributed by atoms with van der Waals surface area (Å²) in [5, 5.41) is 3.31. The lowest BCUT2D eigenvalue weighted by molar-refractivity contribution is -0.141. The van der Waals surface area contributed by atoms with Crippen LogP contribution >= 0.6 is 11.6 Å². The van der Waals surface area contributed by atoms with E-state index < -0.39 is 11.9 Å². The summed E-state index contributed by atoms with van der Waals surface area (Å²) in [6, 6.07) is 5.25. The van der Waals surface area contributed by atoms with Gasteiger partial charge in [0.2, 0.25) is 5.95 Å². The van der Waals surface area contributed by atoms with E-state index in [2.05, 4.69) is 15.3 Å². The molecule has 1 atom stereocenters. The van der Waals surface area contributed by atoms with Gasteiger partial charge in [-0.2, -0.15) is 13.2 Å². The smallest absolute Gasteiger partial charge is 0.350 e. The molecule has 1 aromatic carbocycles. The van der Waals surface area contributed by atoms with Crippen molar-refractivity contribution in [3.63, 3.8) is 0 Å². The number of alkyl halides is 3.